The van der Waals surface area contributed by atoms with Crippen LogP contribution in [0.1, 0.15) is 79.1 Å². The van der Waals surface area contributed by atoms with Gasteiger partial charge in [-0.3, -0.25) is 0 Å². The van der Waals surface area contributed by atoms with Gasteiger partial charge in [0, 0.05) is 18.5 Å². The molecule has 4 atom stereocenters. The van der Waals surface area contributed by atoms with Crippen LogP contribution in [0.25, 0.3) is 0 Å². The Hall–Kier alpha value is -0.0451. The van der Waals surface area contributed by atoms with Crippen LogP contribution >= 0.6 is 12.2 Å². The van der Waals surface area contributed by atoms with Crippen molar-refractivity contribution < 1.29 is 0 Å². The highest BCUT2D eigenvalue weighted by Gasteiger charge is 2.41. The van der Waals surface area contributed by atoms with Crippen molar-refractivity contribution in [2.45, 2.75) is 97.0 Å². The van der Waals surface area contributed by atoms with Crippen molar-refractivity contribution in [3.8, 4) is 0 Å². The molecule has 1 nitrogen and oxygen atoms in total. The summed E-state index contributed by atoms with van der Waals surface area (Å²) >= 11 is 5.84. The predicted octanol–water partition coefficient (Wildman–Crippen LogP) is 5.39. The van der Waals surface area contributed by atoms with E-state index in [2.05, 4.69) is 32.6 Å². The van der Waals surface area contributed by atoms with Gasteiger partial charge in [0.05, 0.1) is 12.8 Å². The summed E-state index contributed by atoms with van der Waals surface area (Å²) in [5.41, 5.74) is 0. The fraction of sp³-hybridized carbons (Fsp3) is 0.947. The first-order chi connectivity index (χ1) is 10.4. The van der Waals surface area contributed by atoms with Crippen LogP contribution < -0.4 is 0 Å². The van der Waals surface area contributed by atoms with Crippen molar-refractivity contribution in [1.29, 1.82) is 0 Å². The normalized spacial score (nSPS) is 34.3. The highest BCUT2D eigenvalue weighted by molar-refractivity contribution is 7.80. The third kappa shape index (κ3) is 4.49. The first kappa shape index (κ1) is 18.3. The van der Waals surface area contributed by atoms with Crippen LogP contribution in [0.15, 0.2) is 0 Å². The SMILES string of the molecule is [B]C1CCCCCC2C(C1)C(CC(C)C)CC(=S)N2C(C)C. The van der Waals surface area contributed by atoms with Crippen LogP contribution in [-0.2, 0) is 0 Å². The van der Waals surface area contributed by atoms with Gasteiger partial charge in [-0.25, -0.2) is 0 Å². The van der Waals surface area contributed by atoms with Gasteiger partial charge in [-0.1, -0.05) is 64.0 Å². The molecule has 0 amide bonds. The molecule has 2 fully saturated rings. The van der Waals surface area contributed by atoms with Crippen LogP contribution in [0.2, 0.25) is 5.82 Å². The van der Waals surface area contributed by atoms with Crippen molar-refractivity contribution in [3.63, 3.8) is 0 Å². The van der Waals surface area contributed by atoms with Crippen molar-refractivity contribution >= 4 is 25.1 Å². The van der Waals surface area contributed by atoms with E-state index in [-0.39, 0.29) is 0 Å². The molecule has 2 aliphatic rings. The van der Waals surface area contributed by atoms with E-state index < -0.39 is 0 Å². The van der Waals surface area contributed by atoms with Gasteiger partial charge in [0.15, 0.2) is 0 Å². The number of thiocarbonyl (C=S) groups is 1. The average Bonchev–Trinajstić information content (AvgIpc) is 2.48. The molecule has 1 heterocycles. The van der Waals surface area contributed by atoms with Gasteiger partial charge in [0.2, 0.25) is 0 Å². The third-order valence-electron chi connectivity index (χ3n) is 5.66. The molecular formula is C19H34BNS. The van der Waals surface area contributed by atoms with Gasteiger partial charge in [0.25, 0.3) is 0 Å². The molecule has 0 aromatic carbocycles. The number of hydrogen-bond donors (Lipinski definition) is 0. The van der Waals surface area contributed by atoms with Gasteiger partial charge in [-0.2, -0.15) is 0 Å². The lowest BCUT2D eigenvalue weighted by Crippen LogP contribution is -2.54. The summed E-state index contributed by atoms with van der Waals surface area (Å²) in [6.45, 7) is 9.31. The smallest absolute Gasteiger partial charge is 0.0787 e. The summed E-state index contributed by atoms with van der Waals surface area (Å²) in [4.78, 5) is 3.80. The maximum Gasteiger partial charge on any atom is 0.0787 e. The average molecular weight is 319 g/mol. The maximum atomic E-state index is 6.48. The van der Waals surface area contributed by atoms with E-state index in [1.54, 1.807) is 0 Å². The molecule has 1 saturated heterocycles. The number of piperidine rings is 1. The zero-order chi connectivity index (χ0) is 16.3. The zero-order valence-electron chi connectivity index (χ0n) is 15.1. The van der Waals surface area contributed by atoms with Crippen molar-refractivity contribution in [3.05, 3.63) is 0 Å². The van der Waals surface area contributed by atoms with E-state index in [0.29, 0.717) is 17.9 Å². The molecule has 1 aliphatic heterocycles. The maximum absolute atomic E-state index is 6.48. The van der Waals surface area contributed by atoms with Crippen LogP contribution in [0.5, 0.6) is 0 Å². The molecule has 0 aromatic heterocycles. The monoisotopic (exact) mass is 319 g/mol. The van der Waals surface area contributed by atoms with E-state index in [1.165, 1.54) is 49.9 Å². The molecule has 4 unspecified atom stereocenters. The number of fused-ring (bicyclic) bond motifs is 1. The van der Waals surface area contributed by atoms with Crippen LogP contribution in [0.4, 0.5) is 0 Å². The minimum atomic E-state index is 0.390. The quantitative estimate of drug-likeness (QED) is 0.507. The molecule has 1 saturated carbocycles. The molecule has 0 bridgehead atoms. The van der Waals surface area contributed by atoms with E-state index in [4.69, 9.17) is 20.1 Å². The summed E-state index contributed by atoms with van der Waals surface area (Å²) in [5, 5.41) is 0. The Bertz CT molecular complexity index is 368. The van der Waals surface area contributed by atoms with E-state index >= 15 is 0 Å². The Morgan fingerprint density at radius 3 is 2.45 bits per heavy atom. The van der Waals surface area contributed by atoms with Crippen molar-refractivity contribution in [2.75, 3.05) is 0 Å². The molecule has 3 heteroatoms. The standard InChI is InChI=1S/C19H34BNS/c1-13(2)10-15-11-19(22)21(14(3)4)18-9-7-5-6-8-16(20)12-17(15)18/h13-18H,5-12H2,1-4H3. The number of likely N-dealkylation sites (tertiary alicyclic amines) is 1. The molecule has 22 heavy (non-hydrogen) atoms. The Kier molecular flexibility index (Phi) is 6.80. The summed E-state index contributed by atoms with van der Waals surface area (Å²) in [6.07, 6.45) is 10.1. The largest absolute Gasteiger partial charge is 0.360 e. The Labute approximate surface area is 145 Å². The second kappa shape index (κ2) is 8.17. The number of hydrogen-bond acceptors (Lipinski definition) is 1. The van der Waals surface area contributed by atoms with E-state index in [9.17, 15) is 0 Å². The van der Waals surface area contributed by atoms with Crippen molar-refractivity contribution in [2.24, 2.45) is 17.8 Å². The Morgan fingerprint density at radius 2 is 1.82 bits per heavy atom. The van der Waals surface area contributed by atoms with Crippen LogP contribution in [0.3, 0.4) is 0 Å². The highest BCUT2D eigenvalue weighted by Crippen LogP contribution is 2.43. The number of nitrogens with zero attached hydrogens (tertiary/aromatic N) is 1. The van der Waals surface area contributed by atoms with Gasteiger partial charge in [-0.05, 0) is 44.4 Å². The summed E-state index contributed by atoms with van der Waals surface area (Å²) in [7, 11) is 6.48. The summed E-state index contributed by atoms with van der Waals surface area (Å²) in [6, 6.07) is 1.16. The fourth-order valence-electron chi connectivity index (χ4n) is 4.83. The lowest BCUT2D eigenvalue weighted by molar-refractivity contribution is 0.0903. The van der Waals surface area contributed by atoms with Gasteiger partial charge in [-0.15, -0.1) is 0 Å². The predicted molar refractivity (Wildman–Crippen MR) is 102 cm³/mol. The summed E-state index contributed by atoms with van der Waals surface area (Å²) in [5.74, 6) is 2.63. The molecule has 124 valence electrons. The molecule has 1 aliphatic carbocycles. The van der Waals surface area contributed by atoms with E-state index in [1.807, 2.05) is 0 Å². The summed E-state index contributed by atoms with van der Waals surface area (Å²) < 4.78 is 0. The third-order valence-corrected chi connectivity index (χ3v) is 6.04. The molecule has 2 rings (SSSR count). The molecule has 0 N–H and O–H groups in total. The first-order valence-corrected chi connectivity index (χ1v) is 9.87. The lowest BCUT2D eigenvalue weighted by atomic mass is 9.67. The second-order valence-electron chi connectivity index (χ2n) is 8.35. The van der Waals surface area contributed by atoms with Crippen LogP contribution in [0, 0.1) is 17.8 Å². The first-order valence-electron chi connectivity index (χ1n) is 9.46. The highest BCUT2D eigenvalue weighted by atomic mass is 32.1. The van der Waals surface area contributed by atoms with Crippen molar-refractivity contribution in [1.82, 2.24) is 4.90 Å². The minimum absolute atomic E-state index is 0.390. The minimum Gasteiger partial charge on any atom is -0.360 e. The number of rotatable bonds is 3. The van der Waals surface area contributed by atoms with E-state index in [0.717, 1.165) is 24.2 Å². The molecule has 2 radical (unpaired) electrons. The lowest BCUT2D eigenvalue weighted by Gasteiger charge is -2.50. The Morgan fingerprint density at radius 1 is 1.14 bits per heavy atom. The fourth-order valence-corrected chi connectivity index (χ4v) is 5.39. The topological polar surface area (TPSA) is 3.24 Å². The molecule has 0 spiro atoms. The zero-order valence-corrected chi connectivity index (χ0v) is 15.9. The van der Waals surface area contributed by atoms with Gasteiger partial charge < -0.3 is 4.90 Å². The van der Waals surface area contributed by atoms with Gasteiger partial charge in [0.1, 0.15) is 0 Å². The Balaban J connectivity index is 2.26. The second-order valence-corrected chi connectivity index (χ2v) is 8.82. The van der Waals surface area contributed by atoms with Gasteiger partial charge >= 0.3 is 0 Å². The molecule has 0 aromatic rings. The molecular weight excluding hydrogens is 285 g/mol. The van der Waals surface area contributed by atoms with Crippen LogP contribution in [-0.4, -0.2) is 29.8 Å².